The van der Waals surface area contributed by atoms with Crippen LogP contribution in [-0.4, -0.2) is 19.1 Å². The highest BCUT2D eigenvalue weighted by atomic mass is 16.5. The van der Waals surface area contributed by atoms with Gasteiger partial charge in [-0.05, 0) is 61.7 Å². The molecule has 0 heterocycles. The normalized spacial score (nSPS) is 11.1. The molecule has 2 aromatic carbocycles. The molecule has 0 aliphatic heterocycles. The van der Waals surface area contributed by atoms with Crippen LogP contribution in [0.15, 0.2) is 53.6 Å². The zero-order valence-electron chi connectivity index (χ0n) is 13.6. The molecule has 0 saturated heterocycles. The van der Waals surface area contributed by atoms with Gasteiger partial charge in [0.1, 0.15) is 12.0 Å². The molecule has 0 spiro atoms. The second-order valence-corrected chi connectivity index (χ2v) is 5.32. The number of ether oxygens (including phenoxy) is 1. The number of carbonyl (C=O) groups excluding carboxylic acids is 1. The summed E-state index contributed by atoms with van der Waals surface area (Å²) in [6.07, 6.45) is 3.01. The van der Waals surface area contributed by atoms with Crippen molar-refractivity contribution in [2.45, 2.75) is 26.2 Å². The first-order chi connectivity index (χ1) is 11.2. The molecular weight excluding hydrogens is 288 g/mol. The van der Waals surface area contributed by atoms with Gasteiger partial charge in [-0.2, -0.15) is 5.10 Å². The minimum absolute atomic E-state index is 0.541. The third-order valence-corrected chi connectivity index (χ3v) is 3.53. The summed E-state index contributed by atoms with van der Waals surface area (Å²) in [7, 11) is 1.65. The van der Waals surface area contributed by atoms with Gasteiger partial charge in [-0.15, -0.1) is 0 Å². The van der Waals surface area contributed by atoms with Crippen molar-refractivity contribution in [3.8, 4) is 5.75 Å². The van der Waals surface area contributed by atoms with Gasteiger partial charge in [0.2, 0.25) is 0 Å². The lowest BCUT2D eigenvalue weighted by atomic mass is 10.0. The topological polar surface area (TPSA) is 50.7 Å². The zero-order valence-corrected chi connectivity index (χ0v) is 13.6. The lowest BCUT2D eigenvalue weighted by Gasteiger charge is -2.09. The minimum atomic E-state index is 0.541. The van der Waals surface area contributed by atoms with Crippen LogP contribution in [-0.2, 0) is 4.79 Å². The Bertz CT molecular complexity index is 646. The van der Waals surface area contributed by atoms with Gasteiger partial charge < -0.3 is 9.53 Å². The van der Waals surface area contributed by atoms with Gasteiger partial charge in [0.05, 0.1) is 18.5 Å². The molecule has 0 bridgehead atoms. The van der Waals surface area contributed by atoms with E-state index in [0.29, 0.717) is 6.42 Å². The van der Waals surface area contributed by atoms with Gasteiger partial charge in [0, 0.05) is 6.42 Å². The predicted molar refractivity (Wildman–Crippen MR) is 94.2 cm³/mol. The summed E-state index contributed by atoms with van der Waals surface area (Å²) in [5.41, 5.74) is 7.20. The average Bonchev–Trinajstić information content (AvgIpc) is 2.59. The number of carbonyl (C=O) groups is 1. The summed E-state index contributed by atoms with van der Waals surface area (Å²) in [5.74, 6) is 0.812. The van der Waals surface area contributed by atoms with E-state index in [0.717, 1.165) is 41.8 Å². The van der Waals surface area contributed by atoms with E-state index in [1.165, 1.54) is 5.56 Å². The van der Waals surface area contributed by atoms with E-state index in [1.807, 2.05) is 48.5 Å². The average molecular weight is 310 g/mol. The Balaban J connectivity index is 2.15. The summed E-state index contributed by atoms with van der Waals surface area (Å²) in [6.45, 7) is 2.05. The predicted octanol–water partition coefficient (Wildman–Crippen LogP) is 4.19. The molecule has 0 saturated carbocycles. The first kappa shape index (κ1) is 16.7. The number of rotatable bonds is 8. The van der Waals surface area contributed by atoms with Crippen molar-refractivity contribution in [1.29, 1.82) is 0 Å². The molecular formula is C19H22N2O2. The first-order valence-electron chi connectivity index (χ1n) is 7.70. The standard InChI is InChI=1S/C19H22N2O2/c1-15-6-10-17(11-7-15)20-21-19(5-3-4-14-22)16-8-12-18(23-2)13-9-16/h6-14,20H,3-5H2,1-2H3. The summed E-state index contributed by atoms with van der Waals surface area (Å²) >= 11 is 0. The maximum Gasteiger partial charge on any atom is 0.120 e. The number of hydrazone groups is 1. The van der Waals surface area contributed by atoms with Crippen molar-refractivity contribution in [1.82, 2.24) is 0 Å². The molecule has 2 rings (SSSR count). The first-order valence-corrected chi connectivity index (χ1v) is 7.70. The van der Waals surface area contributed by atoms with E-state index in [9.17, 15) is 4.79 Å². The van der Waals surface area contributed by atoms with Crippen LogP contribution in [0.5, 0.6) is 5.75 Å². The van der Waals surface area contributed by atoms with Gasteiger partial charge in [-0.3, -0.25) is 5.43 Å². The zero-order chi connectivity index (χ0) is 16.5. The van der Waals surface area contributed by atoms with Crippen molar-refractivity contribution < 1.29 is 9.53 Å². The summed E-state index contributed by atoms with van der Waals surface area (Å²) in [4.78, 5) is 10.5. The molecule has 0 aliphatic rings. The van der Waals surface area contributed by atoms with Crippen LogP contribution in [0, 0.1) is 6.92 Å². The Kier molecular flexibility index (Phi) is 6.36. The number of aryl methyl sites for hydroxylation is 1. The van der Waals surface area contributed by atoms with Crippen LogP contribution in [0.1, 0.15) is 30.4 Å². The number of hydrogen-bond donors (Lipinski definition) is 1. The van der Waals surface area contributed by atoms with E-state index < -0.39 is 0 Å². The van der Waals surface area contributed by atoms with E-state index in [1.54, 1.807) is 7.11 Å². The molecule has 1 N–H and O–H groups in total. The quantitative estimate of drug-likeness (QED) is 0.344. The van der Waals surface area contributed by atoms with Gasteiger partial charge in [0.25, 0.3) is 0 Å². The number of unbranched alkanes of at least 4 members (excludes halogenated alkanes) is 1. The van der Waals surface area contributed by atoms with Crippen molar-refractivity contribution in [2.24, 2.45) is 5.10 Å². The molecule has 0 amide bonds. The molecule has 0 atom stereocenters. The molecule has 23 heavy (non-hydrogen) atoms. The molecule has 0 fully saturated rings. The van der Waals surface area contributed by atoms with Crippen LogP contribution in [0.2, 0.25) is 0 Å². The van der Waals surface area contributed by atoms with E-state index in [-0.39, 0.29) is 0 Å². The Morgan fingerprint density at radius 2 is 1.83 bits per heavy atom. The molecule has 2 aromatic rings. The second kappa shape index (κ2) is 8.73. The summed E-state index contributed by atoms with van der Waals surface area (Å²) < 4.78 is 5.19. The monoisotopic (exact) mass is 310 g/mol. The highest BCUT2D eigenvalue weighted by Gasteiger charge is 2.05. The molecule has 0 aromatic heterocycles. The number of benzene rings is 2. The van der Waals surface area contributed by atoms with Crippen molar-refractivity contribution in [2.75, 3.05) is 12.5 Å². The number of anilines is 1. The molecule has 0 aliphatic carbocycles. The Morgan fingerprint density at radius 3 is 2.43 bits per heavy atom. The van der Waals surface area contributed by atoms with E-state index in [4.69, 9.17) is 4.74 Å². The molecule has 4 nitrogen and oxygen atoms in total. The van der Waals surface area contributed by atoms with Crippen molar-refractivity contribution in [3.63, 3.8) is 0 Å². The van der Waals surface area contributed by atoms with Crippen LogP contribution >= 0.6 is 0 Å². The van der Waals surface area contributed by atoms with E-state index in [2.05, 4.69) is 17.5 Å². The number of hydrogen-bond acceptors (Lipinski definition) is 4. The highest BCUT2D eigenvalue weighted by molar-refractivity contribution is 6.01. The molecule has 0 radical (unpaired) electrons. The van der Waals surface area contributed by atoms with Crippen LogP contribution in [0.3, 0.4) is 0 Å². The van der Waals surface area contributed by atoms with Crippen molar-refractivity contribution >= 4 is 17.7 Å². The van der Waals surface area contributed by atoms with Gasteiger partial charge in [-0.25, -0.2) is 0 Å². The largest absolute Gasteiger partial charge is 0.497 e. The third kappa shape index (κ3) is 5.25. The summed E-state index contributed by atoms with van der Waals surface area (Å²) in [5, 5.41) is 4.53. The van der Waals surface area contributed by atoms with Gasteiger partial charge in [-0.1, -0.05) is 17.7 Å². The number of aldehydes is 1. The molecule has 0 unspecified atom stereocenters. The number of nitrogens with one attached hydrogen (secondary N) is 1. The Labute approximate surface area is 137 Å². The summed E-state index contributed by atoms with van der Waals surface area (Å²) in [6, 6.07) is 15.9. The fourth-order valence-electron chi connectivity index (χ4n) is 2.16. The SMILES string of the molecule is COc1ccc(C(CCCC=O)=NNc2ccc(C)cc2)cc1. The minimum Gasteiger partial charge on any atom is -0.497 e. The van der Waals surface area contributed by atoms with Crippen molar-refractivity contribution in [3.05, 3.63) is 59.7 Å². The number of nitrogens with zero attached hydrogens (tertiary/aromatic N) is 1. The third-order valence-electron chi connectivity index (χ3n) is 3.53. The van der Waals surface area contributed by atoms with Gasteiger partial charge in [0.15, 0.2) is 0 Å². The maximum atomic E-state index is 10.5. The second-order valence-electron chi connectivity index (χ2n) is 5.32. The lowest BCUT2D eigenvalue weighted by molar-refractivity contribution is -0.107. The van der Waals surface area contributed by atoms with Crippen LogP contribution < -0.4 is 10.2 Å². The Morgan fingerprint density at radius 1 is 1.13 bits per heavy atom. The highest BCUT2D eigenvalue weighted by Crippen LogP contribution is 2.15. The maximum absolute atomic E-state index is 10.5. The van der Waals surface area contributed by atoms with E-state index >= 15 is 0 Å². The molecule has 120 valence electrons. The Hall–Kier alpha value is -2.62. The van der Waals surface area contributed by atoms with Crippen LogP contribution in [0.25, 0.3) is 0 Å². The lowest BCUT2D eigenvalue weighted by Crippen LogP contribution is -2.05. The fourth-order valence-corrected chi connectivity index (χ4v) is 2.16. The molecule has 4 heteroatoms. The number of methoxy groups -OCH3 is 1. The fraction of sp³-hybridized carbons (Fsp3) is 0.263. The van der Waals surface area contributed by atoms with Crippen LogP contribution in [0.4, 0.5) is 5.69 Å². The smallest absolute Gasteiger partial charge is 0.120 e. The van der Waals surface area contributed by atoms with Gasteiger partial charge >= 0.3 is 0 Å².